The number of hydrogen-bond acceptors (Lipinski definition) is 9. The normalized spacial score (nSPS) is 17.3. The smallest absolute Gasteiger partial charge is 0.242 e. The van der Waals surface area contributed by atoms with Crippen molar-refractivity contribution in [3.05, 3.63) is 59.7 Å². The van der Waals surface area contributed by atoms with Gasteiger partial charge >= 0.3 is 0 Å². The molecule has 0 atom stereocenters. The number of likely N-dealkylation sites (tertiary alicyclic amines) is 1. The Labute approximate surface area is 246 Å². The van der Waals surface area contributed by atoms with Crippen LogP contribution in [0.4, 0.5) is 11.9 Å². The molecule has 0 saturated carbocycles. The number of hydrogen-bond donors (Lipinski definition) is 1. The molecule has 0 spiro atoms. The molecule has 2 aliphatic heterocycles. The Bertz CT molecular complexity index is 1490. The molecule has 2 saturated heterocycles. The lowest BCUT2D eigenvalue weighted by Gasteiger charge is -2.33. The van der Waals surface area contributed by atoms with E-state index in [0.717, 1.165) is 48.8 Å². The maximum atomic E-state index is 5.61. The van der Waals surface area contributed by atoms with Crippen molar-refractivity contribution in [1.29, 1.82) is 0 Å². The lowest BCUT2D eigenvalue weighted by molar-refractivity contribution is 0.122. The number of anilines is 2. The fourth-order valence-electron chi connectivity index (χ4n) is 5.98. The number of ether oxygens (including phenoxy) is 1. The highest BCUT2D eigenvalue weighted by atomic mass is 32.2. The summed E-state index contributed by atoms with van der Waals surface area (Å²) < 4.78 is 7.65. The minimum atomic E-state index is -0.290. The van der Waals surface area contributed by atoms with Gasteiger partial charge < -0.3 is 19.9 Å². The fourth-order valence-corrected chi connectivity index (χ4v) is 6.54. The Kier molecular flexibility index (Phi) is 8.14. The van der Waals surface area contributed by atoms with E-state index in [1.54, 1.807) is 11.8 Å². The first-order chi connectivity index (χ1) is 19.9. The van der Waals surface area contributed by atoms with Crippen LogP contribution in [0.5, 0.6) is 0 Å². The average molecular weight is 573 g/mol. The Morgan fingerprint density at radius 2 is 1.61 bits per heavy atom. The van der Waals surface area contributed by atoms with Crippen molar-refractivity contribution in [2.75, 3.05) is 62.9 Å². The summed E-state index contributed by atoms with van der Waals surface area (Å²) in [5.41, 5.74) is 4.49. The number of aromatic nitrogens is 5. The molecular weight excluding hydrogens is 532 g/mol. The zero-order chi connectivity index (χ0) is 28.4. The highest BCUT2D eigenvalue weighted by Gasteiger charge is 2.27. The number of morpholine rings is 1. The maximum Gasteiger partial charge on any atom is 0.242 e. The fraction of sp³-hybridized carbons (Fsp3) is 0.484. The number of nitrogens with zero attached hydrogens (tertiary/aromatic N) is 7. The van der Waals surface area contributed by atoms with Gasteiger partial charge in [0.2, 0.25) is 17.8 Å². The van der Waals surface area contributed by atoms with E-state index in [0.29, 0.717) is 37.0 Å². The van der Waals surface area contributed by atoms with Gasteiger partial charge in [0, 0.05) is 18.6 Å². The predicted octanol–water partition coefficient (Wildman–Crippen LogP) is 5.01. The Hall–Kier alpha value is -3.21. The van der Waals surface area contributed by atoms with Crippen LogP contribution in [0.15, 0.2) is 53.7 Å². The summed E-state index contributed by atoms with van der Waals surface area (Å²) in [6.07, 6.45) is 5.31. The number of imidazole rings is 1. The zero-order valence-electron chi connectivity index (χ0n) is 24.5. The zero-order valence-corrected chi connectivity index (χ0v) is 25.3. The van der Waals surface area contributed by atoms with Crippen LogP contribution in [0.25, 0.3) is 17.0 Å². The second kappa shape index (κ2) is 12.0. The molecular formula is C31H40N8OS. The molecule has 216 valence electrons. The van der Waals surface area contributed by atoms with Gasteiger partial charge in [-0.15, -0.1) is 0 Å². The minimum Gasteiger partial charge on any atom is -0.378 e. The van der Waals surface area contributed by atoms with Gasteiger partial charge in [-0.3, -0.25) is 4.57 Å². The summed E-state index contributed by atoms with van der Waals surface area (Å²) in [7, 11) is 2.22. The molecule has 2 aliphatic rings. The number of piperidine rings is 1. The summed E-state index contributed by atoms with van der Waals surface area (Å²) in [4.78, 5) is 24.3. The monoisotopic (exact) mass is 572 g/mol. The second-order valence-corrected chi connectivity index (χ2v) is 12.5. The van der Waals surface area contributed by atoms with Crippen LogP contribution >= 0.6 is 11.8 Å². The van der Waals surface area contributed by atoms with E-state index < -0.39 is 0 Å². The van der Waals surface area contributed by atoms with Gasteiger partial charge in [0.1, 0.15) is 0 Å². The third-order valence-corrected chi connectivity index (χ3v) is 8.75. The van der Waals surface area contributed by atoms with Crippen molar-refractivity contribution in [2.45, 2.75) is 49.7 Å². The summed E-state index contributed by atoms with van der Waals surface area (Å²) in [5.74, 6) is 2.41. The topological polar surface area (TPSA) is 84.2 Å². The van der Waals surface area contributed by atoms with Gasteiger partial charge in [-0.05, 0) is 88.7 Å². The van der Waals surface area contributed by atoms with Crippen molar-refractivity contribution in [3.63, 3.8) is 0 Å². The molecule has 6 rings (SSSR count). The van der Waals surface area contributed by atoms with Crippen molar-refractivity contribution in [1.82, 2.24) is 29.4 Å². The van der Waals surface area contributed by atoms with Crippen LogP contribution < -0.4 is 10.2 Å². The predicted molar refractivity (Wildman–Crippen MR) is 167 cm³/mol. The van der Waals surface area contributed by atoms with Crippen LogP contribution in [0.1, 0.15) is 43.7 Å². The van der Waals surface area contributed by atoms with Crippen LogP contribution in [0, 0.1) is 0 Å². The maximum absolute atomic E-state index is 5.61. The molecule has 0 amide bonds. The van der Waals surface area contributed by atoms with Gasteiger partial charge in [0.15, 0.2) is 5.16 Å². The summed E-state index contributed by atoms with van der Waals surface area (Å²) in [6, 6.07) is 17.1. The molecule has 1 N–H and O–H groups in total. The molecule has 0 aliphatic carbocycles. The molecule has 2 fully saturated rings. The molecule has 4 heterocycles. The van der Waals surface area contributed by atoms with Crippen molar-refractivity contribution in [3.8, 4) is 5.95 Å². The van der Waals surface area contributed by atoms with E-state index in [2.05, 4.69) is 66.3 Å². The van der Waals surface area contributed by atoms with E-state index in [-0.39, 0.29) is 5.54 Å². The first-order valence-corrected chi connectivity index (χ1v) is 15.8. The van der Waals surface area contributed by atoms with Crippen LogP contribution in [-0.2, 0) is 11.2 Å². The summed E-state index contributed by atoms with van der Waals surface area (Å²) in [6.45, 7) is 9.58. The highest BCUT2D eigenvalue weighted by Crippen LogP contribution is 2.33. The van der Waals surface area contributed by atoms with Crippen molar-refractivity contribution in [2.24, 2.45) is 0 Å². The summed E-state index contributed by atoms with van der Waals surface area (Å²) >= 11 is 1.59. The minimum absolute atomic E-state index is 0.290. The molecule has 4 aromatic rings. The Morgan fingerprint density at radius 3 is 2.39 bits per heavy atom. The van der Waals surface area contributed by atoms with Gasteiger partial charge in [-0.1, -0.05) is 48.2 Å². The first-order valence-electron chi connectivity index (χ1n) is 14.6. The van der Waals surface area contributed by atoms with E-state index in [1.807, 2.05) is 29.0 Å². The average Bonchev–Trinajstić information content (AvgIpc) is 3.37. The molecule has 41 heavy (non-hydrogen) atoms. The highest BCUT2D eigenvalue weighted by molar-refractivity contribution is 7.98. The SMILES string of the molecule is CSc1nc2ccccc2n1-c1nc(NC(C)(C)Cc2ccccc2C2CCN(C)CC2)nc(N2CCOCC2)n1. The van der Waals surface area contributed by atoms with Crippen LogP contribution in [0.2, 0.25) is 0 Å². The van der Waals surface area contributed by atoms with Gasteiger partial charge in [0.05, 0.1) is 24.2 Å². The molecule has 10 heteroatoms. The third-order valence-electron chi connectivity index (χ3n) is 8.11. The first kappa shape index (κ1) is 27.9. The van der Waals surface area contributed by atoms with Crippen LogP contribution in [0.3, 0.4) is 0 Å². The number of nitrogens with one attached hydrogen (secondary N) is 1. The molecule has 9 nitrogen and oxygen atoms in total. The molecule has 0 radical (unpaired) electrons. The van der Waals surface area contributed by atoms with Crippen molar-refractivity contribution >= 4 is 34.7 Å². The number of fused-ring (bicyclic) bond motifs is 1. The van der Waals surface area contributed by atoms with E-state index in [9.17, 15) is 0 Å². The Balaban J connectivity index is 1.34. The van der Waals surface area contributed by atoms with Gasteiger partial charge in [0.25, 0.3) is 0 Å². The third kappa shape index (κ3) is 6.19. The van der Waals surface area contributed by atoms with Crippen LogP contribution in [-0.4, -0.2) is 87.6 Å². The van der Waals surface area contributed by atoms with E-state index in [4.69, 9.17) is 24.7 Å². The molecule has 0 unspecified atom stereocenters. The molecule has 2 aromatic heterocycles. The van der Waals surface area contributed by atoms with E-state index >= 15 is 0 Å². The number of para-hydroxylation sites is 2. The van der Waals surface area contributed by atoms with E-state index in [1.165, 1.54) is 24.0 Å². The number of rotatable bonds is 8. The molecule has 0 bridgehead atoms. The molecule has 2 aromatic carbocycles. The second-order valence-electron chi connectivity index (χ2n) is 11.7. The number of thioether (sulfide) groups is 1. The summed E-state index contributed by atoms with van der Waals surface area (Å²) in [5, 5.41) is 4.55. The van der Waals surface area contributed by atoms with Gasteiger partial charge in [-0.25, -0.2) is 4.98 Å². The number of benzene rings is 2. The Morgan fingerprint density at radius 1 is 0.902 bits per heavy atom. The van der Waals surface area contributed by atoms with Crippen molar-refractivity contribution < 1.29 is 4.74 Å². The standard InChI is InChI=1S/C31H40N8OS/c1-31(2,21-23-9-5-6-10-24(23)22-13-15-37(3)16-14-22)36-27-33-28(38-17-19-40-20-18-38)35-29(34-27)39-26-12-8-7-11-25(26)32-30(39)41-4/h5-12,22H,13-21H2,1-4H3,(H,33,34,35,36). The lowest BCUT2D eigenvalue weighted by Crippen LogP contribution is -2.39. The quantitative estimate of drug-likeness (QED) is 0.293. The van der Waals surface area contributed by atoms with Gasteiger partial charge in [-0.2, -0.15) is 15.0 Å². The lowest BCUT2D eigenvalue weighted by atomic mass is 9.83. The largest absolute Gasteiger partial charge is 0.378 e.